The molecule has 0 saturated carbocycles. The van der Waals surface area contributed by atoms with Crippen molar-refractivity contribution < 1.29 is 55.4 Å². The molecule has 0 aromatic heterocycles. The number of alkyl halides is 2. The van der Waals surface area contributed by atoms with Crippen molar-refractivity contribution in [1.29, 1.82) is 0 Å². The van der Waals surface area contributed by atoms with Crippen molar-refractivity contribution in [3.05, 3.63) is 74.9 Å². The molecule has 0 amide bonds. The number of aromatic hydroxyl groups is 7. The van der Waals surface area contributed by atoms with E-state index in [0.717, 1.165) is 24.3 Å². The number of phenols is 6. The zero-order chi connectivity index (χ0) is 32.0. The summed E-state index contributed by atoms with van der Waals surface area (Å²) in [5, 5.41) is 93.5. The summed E-state index contributed by atoms with van der Waals surface area (Å²) in [5.74, 6) is -3.57. The van der Waals surface area contributed by atoms with Gasteiger partial charge in [-0.3, -0.25) is 4.79 Å². The molecule has 0 aliphatic carbocycles. The molecule has 0 spiro atoms. The molecule has 2 aliphatic rings. The molecular formula is C30H26I2O12. The van der Waals surface area contributed by atoms with Crippen LogP contribution in [-0.4, -0.2) is 60.6 Å². The fraction of sp³-hybridized carbons (Fsp3) is 0.233. The maximum Gasteiger partial charge on any atom is 0.231 e. The topological polar surface area (TPSA) is 218 Å². The summed E-state index contributed by atoms with van der Waals surface area (Å²) in [6.45, 7) is 0. The fourth-order valence-electron chi connectivity index (χ4n) is 5.52. The minimum Gasteiger partial charge on any atom is -0.508 e. The van der Waals surface area contributed by atoms with Gasteiger partial charge in [-0.05, 0) is 29.1 Å². The first-order chi connectivity index (χ1) is 20.8. The first kappa shape index (κ1) is 31.8. The molecule has 0 radical (unpaired) electrons. The van der Waals surface area contributed by atoms with Crippen LogP contribution < -0.4 is 14.9 Å². The van der Waals surface area contributed by atoms with Crippen LogP contribution in [0.3, 0.4) is 0 Å². The van der Waals surface area contributed by atoms with Crippen molar-refractivity contribution in [1.82, 2.24) is 0 Å². The predicted octanol–water partition coefficient (Wildman–Crippen LogP) is 4.03. The Morgan fingerprint density at radius 1 is 0.659 bits per heavy atom. The molecule has 14 heteroatoms. The van der Waals surface area contributed by atoms with Gasteiger partial charge >= 0.3 is 0 Å². The highest BCUT2D eigenvalue weighted by atomic mass is 127. The molecule has 232 valence electrons. The lowest BCUT2D eigenvalue weighted by atomic mass is 9.90. The lowest BCUT2D eigenvalue weighted by Crippen LogP contribution is -2.31. The van der Waals surface area contributed by atoms with Gasteiger partial charge in [-0.15, -0.1) is 0 Å². The molecule has 4 aromatic carbocycles. The van der Waals surface area contributed by atoms with Crippen molar-refractivity contribution in [3.63, 3.8) is 0 Å². The fourth-order valence-corrected chi connectivity index (χ4v) is 5.52. The summed E-state index contributed by atoms with van der Waals surface area (Å²) in [6, 6.07) is 8.05. The Labute approximate surface area is 276 Å². The Kier molecular flexibility index (Phi) is 8.97. The number of benzene rings is 3. The van der Waals surface area contributed by atoms with Crippen LogP contribution >= 0.6 is 45.2 Å². The lowest BCUT2D eigenvalue weighted by Gasteiger charge is -2.32. The highest BCUT2D eigenvalue weighted by Gasteiger charge is 2.36. The molecule has 0 bridgehead atoms. The maximum atomic E-state index is 13.2. The average molecular weight is 832 g/mol. The second kappa shape index (κ2) is 12.4. The van der Waals surface area contributed by atoms with Gasteiger partial charge in [-0.1, -0.05) is 45.2 Å². The molecule has 4 aromatic rings. The van der Waals surface area contributed by atoms with E-state index in [-0.39, 0.29) is 75.0 Å². The largest absolute Gasteiger partial charge is 0.508 e. The molecule has 0 fully saturated rings. The molecule has 2 aliphatic heterocycles. The Balaban J connectivity index is 0.00000123. The predicted molar refractivity (Wildman–Crippen MR) is 174 cm³/mol. The van der Waals surface area contributed by atoms with E-state index in [4.69, 9.17) is 9.47 Å². The molecular weight excluding hydrogens is 806 g/mol. The molecule has 12 nitrogen and oxygen atoms in total. The third kappa shape index (κ3) is 5.78. The van der Waals surface area contributed by atoms with E-state index >= 15 is 0 Å². The standard InChI is InChI=1S/C29H24O12.CH2I2/c30-11-3-17(32)15-8-21(36)28(40-23(15)5-11)10-1-13-14(7-20(35)27(39)25(13)26(38)19(34)2-10)29-22(37)9-16-18(33)4-12(31)6-24(16)41-29;2-1-3/h1-7,21-22,28-33,35-37,39H,8-9H2,(H,34,38);1H2/t21-,22-,28?,29?;/m1./s1. The van der Waals surface area contributed by atoms with E-state index in [1.54, 1.807) is 0 Å². The van der Waals surface area contributed by atoms with Crippen molar-refractivity contribution in [3.8, 4) is 51.7 Å². The van der Waals surface area contributed by atoms with Crippen LogP contribution in [0.1, 0.15) is 34.5 Å². The number of phenolic OH excluding ortho intramolecular Hbond substituents is 6. The van der Waals surface area contributed by atoms with Gasteiger partial charge in [0.25, 0.3) is 0 Å². The second-order valence-electron chi connectivity index (χ2n) is 10.2. The molecule has 44 heavy (non-hydrogen) atoms. The number of aliphatic hydroxyl groups is 2. The summed E-state index contributed by atoms with van der Waals surface area (Å²) >= 11 is 4.55. The molecule has 6 rings (SSSR count). The Bertz CT molecular complexity index is 1830. The maximum absolute atomic E-state index is 13.2. The minimum atomic E-state index is -1.34. The van der Waals surface area contributed by atoms with Gasteiger partial charge in [0.1, 0.15) is 40.6 Å². The first-order valence-electron chi connectivity index (χ1n) is 13.0. The van der Waals surface area contributed by atoms with E-state index in [1.165, 1.54) is 20.6 Å². The monoisotopic (exact) mass is 832 g/mol. The second-order valence-corrected chi connectivity index (χ2v) is 14.7. The van der Waals surface area contributed by atoms with Gasteiger partial charge in [0.2, 0.25) is 5.43 Å². The number of fused-ring (bicyclic) bond motifs is 3. The van der Waals surface area contributed by atoms with E-state index < -0.39 is 52.5 Å². The number of aliphatic hydroxyl groups excluding tert-OH is 2. The van der Waals surface area contributed by atoms with Crippen LogP contribution in [0.25, 0.3) is 10.8 Å². The molecule has 9 N–H and O–H groups in total. The first-order valence-corrected chi connectivity index (χ1v) is 16.1. The molecule has 4 atom stereocenters. The zero-order valence-electron chi connectivity index (χ0n) is 22.5. The SMILES string of the molecule is ICI.O=c1c(O)cc(C2Oc3cc(O)cc(O)c3C[C@H]2O)cc2c(C3Oc4cc(O)cc(O)c4C[C@H]3O)cc(O)c(O)c12. The number of ether oxygens (including phenoxy) is 2. The van der Waals surface area contributed by atoms with Crippen LogP contribution in [0.5, 0.6) is 51.7 Å². The van der Waals surface area contributed by atoms with Gasteiger partial charge in [-0.25, -0.2) is 0 Å². The van der Waals surface area contributed by atoms with Gasteiger partial charge in [0.15, 0.2) is 23.4 Å². The summed E-state index contributed by atoms with van der Waals surface area (Å²) < 4.78 is 13.0. The summed E-state index contributed by atoms with van der Waals surface area (Å²) in [7, 11) is 0. The van der Waals surface area contributed by atoms with Crippen LogP contribution in [-0.2, 0) is 12.8 Å². The summed E-state index contributed by atoms with van der Waals surface area (Å²) in [4.78, 5) is 13.2. The van der Waals surface area contributed by atoms with Crippen molar-refractivity contribution in [2.45, 2.75) is 37.3 Å². The van der Waals surface area contributed by atoms with Crippen LogP contribution in [0.4, 0.5) is 0 Å². The van der Waals surface area contributed by atoms with E-state index in [1.807, 2.05) is 0 Å². The molecule has 2 unspecified atom stereocenters. The van der Waals surface area contributed by atoms with E-state index in [9.17, 15) is 50.8 Å². The molecule has 0 saturated heterocycles. The summed E-state index contributed by atoms with van der Waals surface area (Å²) in [5.41, 5.74) is -0.578. The van der Waals surface area contributed by atoms with Gasteiger partial charge < -0.3 is 55.4 Å². The van der Waals surface area contributed by atoms with Crippen LogP contribution in [0.2, 0.25) is 0 Å². The highest BCUT2D eigenvalue weighted by molar-refractivity contribution is 14.2. The lowest BCUT2D eigenvalue weighted by molar-refractivity contribution is 0.0193. The van der Waals surface area contributed by atoms with Crippen molar-refractivity contribution >= 4 is 56.0 Å². The smallest absolute Gasteiger partial charge is 0.231 e. The van der Waals surface area contributed by atoms with Crippen molar-refractivity contribution in [2.24, 2.45) is 0 Å². The third-order valence-corrected chi connectivity index (χ3v) is 7.43. The Morgan fingerprint density at radius 2 is 1.16 bits per heavy atom. The average Bonchev–Trinajstić information content (AvgIpc) is 3.07. The number of rotatable bonds is 2. The third-order valence-electron chi connectivity index (χ3n) is 7.43. The Hall–Kier alpha value is -3.61. The number of hydrogen-bond acceptors (Lipinski definition) is 12. The summed E-state index contributed by atoms with van der Waals surface area (Å²) in [6.07, 6.45) is -5.40. The van der Waals surface area contributed by atoms with E-state index in [2.05, 4.69) is 45.2 Å². The van der Waals surface area contributed by atoms with Crippen molar-refractivity contribution in [2.75, 3.05) is 2.43 Å². The number of halogens is 2. The van der Waals surface area contributed by atoms with Gasteiger partial charge in [0.05, 0.1) is 20.0 Å². The van der Waals surface area contributed by atoms with Crippen LogP contribution in [0, 0.1) is 0 Å². The normalized spacial score (nSPS) is 20.4. The highest BCUT2D eigenvalue weighted by Crippen LogP contribution is 2.47. The zero-order valence-corrected chi connectivity index (χ0v) is 26.8. The molecule has 2 heterocycles. The van der Waals surface area contributed by atoms with Crippen LogP contribution in [0.15, 0.2) is 47.3 Å². The Morgan fingerprint density at radius 3 is 1.70 bits per heavy atom. The minimum absolute atomic E-state index is 0.00576. The number of hydrogen-bond donors (Lipinski definition) is 9. The quantitative estimate of drug-likeness (QED) is 0.0796. The van der Waals surface area contributed by atoms with Gasteiger partial charge in [-0.2, -0.15) is 0 Å². The van der Waals surface area contributed by atoms with E-state index in [0.29, 0.717) is 0 Å². The van der Waals surface area contributed by atoms with Gasteiger partial charge in [0, 0.05) is 53.8 Å².